The first-order chi connectivity index (χ1) is 13.7. The van der Waals surface area contributed by atoms with Crippen LogP contribution in [0, 0.1) is 5.41 Å². The third-order valence-corrected chi connectivity index (χ3v) is 5.93. The van der Waals surface area contributed by atoms with Gasteiger partial charge in [-0.1, -0.05) is 12.8 Å². The minimum absolute atomic E-state index is 0.305. The smallest absolute Gasteiger partial charge is 0.191 e. The normalized spacial score (nSPS) is 21.5. The molecule has 1 aromatic heterocycles. The summed E-state index contributed by atoms with van der Waals surface area (Å²) in [7, 11) is 3.46. The highest BCUT2D eigenvalue weighted by Crippen LogP contribution is 2.41. The maximum Gasteiger partial charge on any atom is 0.191 e. The number of guanidine groups is 1. The number of hydrogen-bond donors (Lipinski definition) is 2. The fraction of sp³-hybridized carbons (Fsp3) is 0.850. The second-order valence-electron chi connectivity index (χ2n) is 8.08. The van der Waals surface area contributed by atoms with E-state index >= 15 is 0 Å². The van der Waals surface area contributed by atoms with Gasteiger partial charge in [-0.25, -0.2) is 9.67 Å². The fourth-order valence-electron chi connectivity index (χ4n) is 4.36. The predicted molar refractivity (Wildman–Crippen MR) is 109 cm³/mol. The Balaban J connectivity index is 1.61. The molecule has 1 aliphatic carbocycles. The van der Waals surface area contributed by atoms with Crippen LogP contribution in [0.5, 0.6) is 0 Å². The first kappa shape index (κ1) is 21.0. The SMILES string of the molecule is CCNC(=NCC1(CCOC)CCCC1)NC1CCc2nc(COC)nn2C1. The van der Waals surface area contributed by atoms with E-state index in [0.717, 1.165) is 63.1 Å². The van der Waals surface area contributed by atoms with Crippen LogP contribution in [-0.4, -0.2) is 60.7 Å². The second-order valence-corrected chi connectivity index (χ2v) is 8.08. The molecule has 2 heterocycles. The number of ether oxygens (including phenoxy) is 2. The van der Waals surface area contributed by atoms with Gasteiger partial charge >= 0.3 is 0 Å². The summed E-state index contributed by atoms with van der Waals surface area (Å²) in [5.41, 5.74) is 0.305. The van der Waals surface area contributed by atoms with Crippen LogP contribution in [0.1, 0.15) is 57.1 Å². The summed E-state index contributed by atoms with van der Waals surface area (Å²) < 4.78 is 12.5. The van der Waals surface area contributed by atoms with Crippen LogP contribution in [-0.2, 0) is 29.0 Å². The fourth-order valence-corrected chi connectivity index (χ4v) is 4.36. The van der Waals surface area contributed by atoms with Gasteiger partial charge in [0.25, 0.3) is 0 Å². The van der Waals surface area contributed by atoms with Gasteiger partial charge in [-0.15, -0.1) is 0 Å². The van der Waals surface area contributed by atoms with Crippen molar-refractivity contribution in [1.82, 2.24) is 25.4 Å². The molecule has 8 heteroatoms. The van der Waals surface area contributed by atoms with Gasteiger partial charge in [0.1, 0.15) is 12.4 Å². The summed E-state index contributed by atoms with van der Waals surface area (Å²) in [4.78, 5) is 9.54. The van der Waals surface area contributed by atoms with Gasteiger partial charge in [0.2, 0.25) is 0 Å². The first-order valence-electron chi connectivity index (χ1n) is 10.6. The molecule has 0 bridgehead atoms. The summed E-state index contributed by atoms with van der Waals surface area (Å²) in [6, 6.07) is 0.306. The lowest BCUT2D eigenvalue weighted by Gasteiger charge is -2.29. The molecule has 1 aliphatic heterocycles. The Morgan fingerprint density at radius 2 is 2.11 bits per heavy atom. The van der Waals surface area contributed by atoms with E-state index < -0.39 is 0 Å². The number of aryl methyl sites for hydroxylation is 1. The van der Waals surface area contributed by atoms with E-state index in [1.807, 2.05) is 4.68 Å². The lowest BCUT2D eigenvalue weighted by atomic mass is 9.83. The lowest BCUT2D eigenvalue weighted by molar-refractivity contribution is 0.141. The van der Waals surface area contributed by atoms with Gasteiger partial charge in [0, 0.05) is 46.4 Å². The summed E-state index contributed by atoms with van der Waals surface area (Å²) in [6.45, 7) is 5.93. The number of aromatic nitrogens is 3. The number of methoxy groups -OCH3 is 2. The standard InChI is InChI=1S/C20H36N6O2/c1-4-21-19(22-15-20(11-12-27-2)9-5-6-10-20)23-16-7-8-18-24-17(14-28-3)25-26(18)13-16/h16H,4-15H2,1-3H3,(H2,21,22,23). The van der Waals surface area contributed by atoms with Crippen LogP contribution >= 0.6 is 0 Å². The number of aliphatic imine (C=N–C) groups is 1. The number of nitrogens with zero attached hydrogens (tertiary/aromatic N) is 4. The van der Waals surface area contributed by atoms with Crippen molar-refractivity contribution in [3.63, 3.8) is 0 Å². The van der Waals surface area contributed by atoms with Crippen LogP contribution in [0.15, 0.2) is 4.99 Å². The molecule has 0 spiro atoms. The summed E-state index contributed by atoms with van der Waals surface area (Å²) in [5.74, 6) is 2.73. The van der Waals surface area contributed by atoms with Crippen LogP contribution < -0.4 is 10.6 Å². The van der Waals surface area contributed by atoms with Gasteiger partial charge in [0.15, 0.2) is 11.8 Å². The lowest BCUT2D eigenvalue weighted by Crippen LogP contribution is -2.47. The molecule has 0 saturated heterocycles. The molecule has 3 rings (SSSR count). The average molecular weight is 393 g/mol. The zero-order valence-electron chi connectivity index (χ0n) is 17.7. The number of nitrogens with one attached hydrogen (secondary N) is 2. The van der Waals surface area contributed by atoms with Crippen molar-refractivity contribution in [2.24, 2.45) is 10.4 Å². The molecule has 0 aromatic carbocycles. The third-order valence-electron chi connectivity index (χ3n) is 5.93. The van der Waals surface area contributed by atoms with Crippen molar-refractivity contribution in [1.29, 1.82) is 0 Å². The van der Waals surface area contributed by atoms with Crippen LogP contribution in [0.2, 0.25) is 0 Å². The third kappa shape index (κ3) is 5.44. The summed E-state index contributed by atoms with van der Waals surface area (Å²) >= 11 is 0. The predicted octanol–water partition coefficient (Wildman–Crippen LogP) is 1.89. The molecular weight excluding hydrogens is 356 g/mol. The van der Waals surface area contributed by atoms with E-state index in [-0.39, 0.29) is 0 Å². The molecule has 2 aliphatic rings. The van der Waals surface area contributed by atoms with Crippen molar-refractivity contribution in [2.45, 2.75) is 71.1 Å². The molecule has 1 atom stereocenters. The summed E-state index contributed by atoms with van der Waals surface area (Å²) in [6.07, 6.45) is 8.19. The molecule has 158 valence electrons. The Kier molecular flexibility index (Phi) is 7.67. The van der Waals surface area contributed by atoms with Gasteiger partial charge in [0.05, 0.1) is 6.54 Å². The molecule has 2 N–H and O–H groups in total. The van der Waals surface area contributed by atoms with Crippen LogP contribution in [0.4, 0.5) is 0 Å². The molecule has 1 aromatic rings. The minimum atomic E-state index is 0.305. The van der Waals surface area contributed by atoms with E-state index in [1.54, 1.807) is 14.2 Å². The largest absolute Gasteiger partial charge is 0.385 e. The average Bonchev–Trinajstić information content (AvgIpc) is 3.32. The van der Waals surface area contributed by atoms with Crippen LogP contribution in [0.3, 0.4) is 0 Å². The van der Waals surface area contributed by atoms with E-state index in [0.29, 0.717) is 18.1 Å². The van der Waals surface area contributed by atoms with E-state index in [4.69, 9.17) is 14.5 Å². The highest BCUT2D eigenvalue weighted by molar-refractivity contribution is 5.80. The number of hydrogen-bond acceptors (Lipinski definition) is 5. The van der Waals surface area contributed by atoms with Crippen molar-refractivity contribution in [3.8, 4) is 0 Å². The van der Waals surface area contributed by atoms with E-state index in [1.165, 1.54) is 25.7 Å². The summed E-state index contributed by atoms with van der Waals surface area (Å²) in [5, 5.41) is 11.6. The molecule has 1 unspecified atom stereocenters. The zero-order chi connectivity index (χ0) is 19.8. The Morgan fingerprint density at radius 3 is 2.82 bits per heavy atom. The Labute approximate surface area is 168 Å². The van der Waals surface area contributed by atoms with Crippen molar-refractivity contribution in [3.05, 3.63) is 11.6 Å². The van der Waals surface area contributed by atoms with Crippen molar-refractivity contribution in [2.75, 3.05) is 33.9 Å². The van der Waals surface area contributed by atoms with E-state index in [2.05, 4.69) is 27.6 Å². The Hall–Kier alpha value is -1.67. The molecule has 1 saturated carbocycles. The van der Waals surface area contributed by atoms with Gasteiger partial charge < -0.3 is 20.1 Å². The first-order valence-corrected chi connectivity index (χ1v) is 10.6. The highest BCUT2D eigenvalue weighted by atomic mass is 16.5. The monoisotopic (exact) mass is 392 g/mol. The molecular formula is C20H36N6O2. The van der Waals surface area contributed by atoms with Crippen molar-refractivity contribution < 1.29 is 9.47 Å². The number of fused-ring (bicyclic) bond motifs is 1. The molecule has 0 radical (unpaired) electrons. The highest BCUT2D eigenvalue weighted by Gasteiger charge is 2.33. The van der Waals surface area contributed by atoms with Crippen molar-refractivity contribution >= 4 is 5.96 Å². The topological polar surface area (TPSA) is 85.6 Å². The molecule has 0 amide bonds. The quantitative estimate of drug-likeness (QED) is 0.493. The Bertz CT molecular complexity index is 639. The van der Waals surface area contributed by atoms with Gasteiger partial charge in [-0.05, 0) is 38.0 Å². The van der Waals surface area contributed by atoms with Gasteiger partial charge in [-0.3, -0.25) is 4.99 Å². The molecule has 28 heavy (non-hydrogen) atoms. The minimum Gasteiger partial charge on any atom is -0.385 e. The molecule has 8 nitrogen and oxygen atoms in total. The van der Waals surface area contributed by atoms with Gasteiger partial charge in [-0.2, -0.15) is 5.10 Å². The van der Waals surface area contributed by atoms with E-state index in [9.17, 15) is 0 Å². The zero-order valence-corrected chi connectivity index (χ0v) is 17.7. The van der Waals surface area contributed by atoms with Crippen LogP contribution in [0.25, 0.3) is 0 Å². The number of rotatable bonds is 9. The Morgan fingerprint density at radius 1 is 1.29 bits per heavy atom. The second kappa shape index (κ2) is 10.2. The maximum absolute atomic E-state index is 5.35. The maximum atomic E-state index is 5.35. The molecule has 1 fully saturated rings.